The van der Waals surface area contributed by atoms with Gasteiger partial charge in [0.2, 0.25) is 17.7 Å². The number of phenolic OH excluding ortho intramolecular Hbond substituents is 1. The molecule has 12 heteroatoms. The van der Waals surface area contributed by atoms with Gasteiger partial charge in [0.25, 0.3) is 0 Å². The van der Waals surface area contributed by atoms with Gasteiger partial charge in [0.05, 0.1) is 12.6 Å². The van der Waals surface area contributed by atoms with E-state index in [0.29, 0.717) is 0 Å². The first-order valence-electron chi connectivity index (χ1n) is 16.1. The highest BCUT2D eigenvalue weighted by Gasteiger charge is 2.45. The van der Waals surface area contributed by atoms with E-state index in [9.17, 15) is 24.3 Å². The van der Waals surface area contributed by atoms with E-state index in [1.807, 2.05) is 89.3 Å². The molecule has 0 bridgehead atoms. The van der Waals surface area contributed by atoms with Gasteiger partial charge in [-0.3, -0.25) is 19.2 Å². The molecule has 1 atom stereocenters. The molecule has 1 aliphatic rings. The summed E-state index contributed by atoms with van der Waals surface area (Å²) in [5.74, 6) is -0.205. The maximum absolute atomic E-state index is 12.9. The maximum atomic E-state index is 12.9. The number of thioether (sulfide) groups is 2. The Morgan fingerprint density at radius 1 is 0.915 bits per heavy atom. The second kappa shape index (κ2) is 23.2. The van der Waals surface area contributed by atoms with Crippen LogP contribution in [0.4, 0.5) is 0 Å². The van der Waals surface area contributed by atoms with Gasteiger partial charge >= 0.3 is 5.97 Å². The van der Waals surface area contributed by atoms with E-state index in [-0.39, 0.29) is 25.0 Å². The summed E-state index contributed by atoms with van der Waals surface area (Å²) in [6, 6.07) is 9.61. The zero-order valence-electron chi connectivity index (χ0n) is 29.5. The van der Waals surface area contributed by atoms with E-state index in [1.54, 1.807) is 12.1 Å². The second-order valence-corrected chi connectivity index (χ2v) is 13.5. The Labute approximate surface area is 289 Å². The molecule has 0 saturated carbocycles. The molecule has 3 rings (SSSR count). The van der Waals surface area contributed by atoms with Gasteiger partial charge in [-0.2, -0.15) is 23.5 Å². The van der Waals surface area contributed by atoms with Gasteiger partial charge in [0.1, 0.15) is 17.8 Å². The predicted molar refractivity (Wildman–Crippen MR) is 196 cm³/mol. The number of hydrogen-bond acceptors (Lipinski definition) is 8. The molecule has 1 aliphatic carbocycles. The molecule has 0 aromatic heterocycles. The van der Waals surface area contributed by atoms with Gasteiger partial charge in [-0.05, 0) is 71.7 Å². The third-order valence-electron chi connectivity index (χ3n) is 6.92. The minimum atomic E-state index is -1.36. The second-order valence-electron chi connectivity index (χ2n) is 10.8. The van der Waals surface area contributed by atoms with Gasteiger partial charge in [-0.15, -0.1) is 0 Å². The number of amides is 3. The molecule has 0 fully saturated rings. The standard InChI is InChI=1S/C25H30N4O6.C6H14S2.2C2H6/c1-14-7-18(30)8-15(2)19(14)9-20(26)23(34)27-12-21(31)29-25(24(35)28-13-22(32)33)10-16-5-3-4-6-17(16)11-25;1-6(2)8-5-4-7-3;2*1-2/h3-8,20,30H,9-13,26H2,1-2H3,(H,27,34)(H,28,35)(H,29,31)(H,32,33);6H,4-5H2,1-3H3;2*1-2H3. The monoisotopic (exact) mass is 692 g/mol. The molecule has 2 aromatic carbocycles. The van der Waals surface area contributed by atoms with Crippen molar-refractivity contribution in [2.75, 3.05) is 30.9 Å². The minimum Gasteiger partial charge on any atom is -0.508 e. The number of nitrogens with two attached hydrogens (primary N) is 1. The molecule has 3 amide bonds. The van der Waals surface area contributed by atoms with E-state index in [0.717, 1.165) is 33.1 Å². The lowest BCUT2D eigenvalue weighted by atomic mass is 9.94. The van der Waals surface area contributed by atoms with Crippen LogP contribution >= 0.6 is 23.5 Å². The van der Waals surface area contributed by atoms with Gasteiger partial charge in [-0.1, -0.05) is 65.8 Å². The Morgan fingerprint density at radius 3 is 1.91 bits per heavy atom. The molecule has 264 valence electrons. The number of nitrogens with one attached hydrogen (secondary N) is 3. The van der Waals surface area contributed by atoms with E-state index in [2.05, 4.69) is 36.1 Å². The summed E-state index contributed by atoms with van der Waals surface area (Å²) < 4.78 is 0. The fourth-order valence-electron chi connectivity index (χ4n) is 4.83. The summed E-state index contributed by atoms with van der Waals surface area (Å²) in [5, 5.41) is 27.0. The molecule has 0 heterocycles. The number of carbonyl (C=O) groups excluding carboxylic acids is 3. The van der Waals surface area contributed by atoms with E-state index in [1.165, 1.54) is 11.5 Å². The highest BCUT2D eigenvalue weighted by atomic mass is 32.2. The van der Waals surface area contributed by atoms with Crippen molar-refractivity contribution in [2.24, 2.45) is 5.73 Å². The van der Waals surface area contributed by atoms with Gasteiger partial charge in [0, 0.05) is 24.3 Å². The van der Waals surface area contributed by atoms with Crippen molar-refractivity contribution >= 4 is 47.2 Å². The Hall–Kier alpha value is -3.22. The van der Waals surface area contributed by atoms with Crippen LogP contribution in [0.25, 0.3) is 0 Å². The Bertz CT molecular complexity index is 1240. The zero-order valence-corrected chi connectivity index (χ0v) is 31.1. The number of phenols is 1. The van der Waals surface area contributed by atoms with Crippen molar-refractivity contribution in [1.82, 2.24) is 16.0 Å². The number of rotatable bonds is 13. The van der Waals surface area contributed by atoms with Crippen LogP contribution in [0.15, 0.2) is 36.4 Å². The highest BCUT2D eigenvalue weighted by molar-refractivity contribution is 8.02. The Kier molecular flexibility index (Phi) is 21.6. The van der Waals surface area contributed by atoms with Crippen LogP contribution in [0.2, 0.25) is 0 Å². The van der Waals surface area contributed by atoms with Crippen molar-refractivity contribution in [3.8, 4) is 5.75 Å². The van der Waals surface area contributed by atoms with Crippen LogP contribution in [-0.4, -0.2) is 81.6 Å². The molecule has 0 aliphatic heterocycles. The molecular formula is C35H56N4O6S2. The van der Waals surface area contributed by atoms with Crippen molar-refractivity contribution in [1.29, 1.82) is 0 Å². The topological polar surface area (TPSA) is 171 Å². The molecule has 0 radical (unpaired) electrons. The lowest BCUT2D eigenvalue weighted by molar-refractivity contribution is -0.139. The number of carbonyl (C=O) groups is 4. The summed E-state index contributed by atoms with van der Waals surface area (Å²) in [6.45, 7) is 15.1. The van der Waals surface area contributed by atoms with Crippen molar-refractivity contribution in [2.45, 2.75) is 91.5 Å². The number of carboxylic acids is 1. The molecule has 1 unspecified atom stereocenters. The van der Waals surface area contributed by atoms with E-state index < -0.39 is 48.4 Å². The number of benzene rings is 2. The molecule has 10 nitrogen and oxygen atoms in total. The molecule has 0 saturated heterocycles. The van der Waals surface area contributed by atoms with Crippen molar-refractivity contribution in [3.05, 3.63) is 64.2 Å². The number of aliphatic carboxylic acids is 1. The Balaban J connectivity index is 0.00000152. The first kappa shape index (κ1) is 43.8. The summed E-state index contributed by atoms with van der Waals surface area (Å²) >= 11 is 3.96. The molecule has 0 spiro atoms. The van der Waals surface area contributed by atoms with Gasteiger partial charge in [-0.25, -0.2) is 0 Å². The average Bonchev–Trinajstić information content (AvgIpc) is 3.41. The van der Waals surface area contributed by atoms with Crippen LogP contribution in [0.1, 0.15) is 69.4 Å². The fraction of sp³-hybridized carbons (Fsp3) is 0.543. The summed E-state index contributed by atoms with van der Waals surface area (Å²) in [5.41, 5.74) is 8.90. The van der Waals surface area contributed by atoms with Crippen molar-refractivity contribution < 1.29 is 29.4 Å². The lowest BCUT2D eigenvalue weighted by Crippen LogP contribution is -2.61. The third kappa shape index (κ3) is 15.5. The zero-order chi connectivity index (χ0) is 36.2. The van der Waals surface area contributed by atoms with Crippen LogP contribution in [-0.2, 0) is 38.4 Å². The van der Waals surface area contributed by atoms with Crippen LogP contribution in [0.5, 0.6) is 5.75 Å². The highest BCUT2D eigenvalue weighted by Crippen LogP contribution is 2.30. The molecule has 2 aromatic rings. The first-order chi connectivity index (χ1) is 22.3. The Morgan fingerprint density at radius 2 is 1.45 bits per heavy atom. The summed E-state index contributed by atoms with van der Waals surface area (Å²) in [4.78, 5) is 49.1. The van der Waals surface area contributed by atoms with Crippen LogP contribution < -0.4 is 21.7 Å². The SMILES string of the molecule is CC.CC.CSCCSC(C)C.Cc1cc(O)cc(C)c1CC(N)C(=O)NCC(=O)NC1(C(=O)NCC(=O)O)Cc2ccccc2C1. The summed E-state index contributed by atoms with van der Waals surface area (Å²) in [6.07, 6.45) is 2.78. The van der Waals surface area contributed by atoms with Gasteiger partial charge in [0.15, 0.2) is 0 Å². The molecular weight excluding hydrogens is 637 g/mol. The predicted octanol–water partition coefficient (Wildman–Crippen LogP) is 4.39. The largest absolute Gasteiger partial charge is 0.508 e. The smallest absolute Gasteiger partial charge is 0.322 e. The lowest BCUT2D eigenvalue weighted by Gasteiger charge is -2.29. The number of hydrogen-bond donors (Lipinski definition) is 6. The number of carboxylic acid groups (broad SMARTS) is 1. The van der Waals surface area contributed by atoms with Gasteiger partial charge < -0.3 is 31.9 Å². The van der Waals surface area contributed by atoms with Crippen LogP contribution in [0, 0.1) is 13.8 Å². The molecule has 47 heavy (non-hydrogen) atoms. The third-order valence-corrected chi connectivity index (χ3v) is 8.90. The summed E-state index contributed by atoms with van der Waals surface area (Å²) in [7, 11) is 0. The fourth-order valence-corrected chi connectivity index (χ4v) is 6.35. The number of fused-ring (bicyclic) bond motifs is 1. The van der Waals surface area contributed by atoms with Crippen molar-refractivity contribution in [3.63, 3.8) is 0 Å². The number of aromatic hydroxyl groups is 1. The first-order valence-corrected chi connectivity index (χ1v) is 18.5. The normalized spacial score (nSPS) is 12.8. The van der Waals surface area contributed by atoms with E-state index in [4.69, 9.17) is 10.8 Å². The minimum absolute atomic E-state index is 0.133. The number of aryl methyl sites for hydroxylation is 2. The average molecular weight is 693 g/mol. The van der Waals surface area contributed by atoms with E-state index >= 15 is 0 Å². The molecule has 7 N–H and O–H groups in total. The quantitative estimate of drug-likeness (QED) is 0.167. The van der Waals surface area contributed by atoms with Crippen LogP contribution in [0.3, 0.4) is 0 Å². The maximum Gasteiger partial charge on any atom is 0.322 e.